The third-order valence-electron chi connectivity index (χ3n) is 6.34. The molecule has 0 bridgehead atoms. The van der Waals surface area contributed by atoms with Crippen LogP contribution >= 0.6 is 15.9 Å². The van der Waals surface area contributed by atoms with Gasteiger partial charge in [0.05, 0.1) is 24.8 Å². The van der Waals surface area contributed by atoms with Gasteiger partial charge in [-0.2, -0.15) is 10.5 Å². The summed E-state index contributed by atoms with van der Waals surface area (Å²) in [6, 6.07) is 16.9. The highest BCUT2D eigenvalue weighted by Crippen LogP contribution is 2.65. The standard InChI is InChI=1S/C24H18BrN3O3/c1-14-4-6-15(7-5-14)17-11-19(21(29)31-3)24(23(17,12-26)13-27)18-10-16(25)8-9-20(18)28(2)22(24)30/h4-11,17H,1-3H3/t17-,24-/m0/s1. The molecule has 0 saturated carbocycles. The van der Waals surface area contributed by atoms with Crippen LogP contribution in [-0.2, 0) is 19.7 Å². The highest BCUT2D eigenvalue weighted by atomic mass is 79.9. The fourth-order valence-corrected chi connectivity index (χ4v) is 5.22. The Morgan fingerprint density at radius 2 is 1.81 bits per heavy atom. The normalized spacial score (nSPS) is 23.2. The van der Waals surface area contributed by atoms with E-state index in [2.05, 4.69) is 28.1 Å². The molecule has 1 amide bonds. The molecule has 154 valence electrons. The quantitative estimate of drug-likeness (QED) is 0.613. The topological polar surface area (TPSA) is 94.2 Å². The van der Waals surface area contributed by atoms with Gasteiger partial charge in [-0.3, -0.25) is 4.79 Å². The molecule has 31 heavy (non-hydrogen) atoms. The predicted molar refractivity (Wildman–Crippen MR) is 117 cm³/mol. The Morgan fingerprint density at radius 3 is 2.39 bits per heavy atom. The van der Waals surface area contributed by atoms with E-state index in [-0.39, 0.29) is 5.57 Å². The Balaban J connectivity index is 2.13. The van der Waals surface area contributed by atoms with Crippen LogP contribution in [0.4, 0.5) is 5.69 Å². The molecule has 0 N–H and O–H groups in total. The van der Waals surface area contributed by atoms with Gasteiger partial charge in [0.1, 0.15) is 5.41 Å². The highest BCUT2D eigenvalue weighted by Gasteiger charge is 2.73. The van der Waals surface area contributed by atoms with Gasteiger partial charge >= 0.3 is 5.97 Å². The largest absolute Gasteiger partial charge is 0.466 e. The number of likely N-dealkylation sites (N-methyl/N-ethyl adjacent to an activating group) is 1. The van der Waals surface area contributed by atoms with Crippen LogP contribution in [0.5, 0.6) is 0 Å². The molecule has 0 saturated heterocycles. The van der Waals surface area contributed by atoms with Crippen LogP contribution < -0.4 is 4.90 Å². The first-order valence-corrected chi connectivity index (χ1v) is 10.4. The number of nitrogens with zero attached hydrogens (tertiary/aromatic N) is 3. The number of anilines is 1. The van der Waals surface area contributed by atoms with Crippen molar-refractivity contribution in [3.8, 4) is 12.1 Å². The first kappa shape index (κ1) is 20.8. The van der Waals surface area contributed by atoms with E-state index >= 15 is 0 Å². The van der Waals surface area contributed by atoms with Crippen LogP contribution in [-0.4, -0.2) is 26.0 Å². The number of nitriles is 2. The van der Waals surface area contributed by atoms with Crippen molar-refractivity contribution in [3.05, 3.63) is 75.3 Å². The van der Waals surface area contributed by atoms with Gasteiger partial charge in [0.2, 0.25) is 5.91 Å². The van der Waals surface area contributed by atoms with E-state index < -0.39 is 28.6 Å². The lowest BCUT2D eigenvalue weighted by Gasteiger charge is -2.37. The Kier molecular flexibility index (Phi) is 4.76. The minimum absolute atomic E-state index is 0.0115. The smallest absolute Gasteiger partial charge is 0.334 e. The van der Waals surface area contributed by atoms with Crippen molar-refractivity contribution in [1.29, 1.82) is 10.5 Å². The van der Waals surface area contributed by atoms with Crippen LogP contribution in [0, 0.1) is 35.0 Å². The van der Waals surface area contributed by atoms with Crippen LogP contribution in [0.3, 0.4) is 0 Å². The lowest BCUT2D eigenvalue weighted by Crippen LogP contribution is -2.52. The number of esters is 1. The van der Waals surface area contributed by atoms with Gasteiger partial charge in [-0.05, 0) is 36.2 Å². The van der Waals surface area contributed by atoms with E-state index in [0.29, 0.717) is 21.3 Å². The number of fused-ring (bicyclic) bond motifs is 2. The summed E-state index contributed by atoms with van der Waals surface area (Å²) in [5, 5.41) is 20.9. The molecule has 1 aliphatic carbocycles. The minimum Gasteiger partial charge on any atom is -0.466 e. The number of benzene rings is 2. The molecular formula is C24H18BrN3O3. The summed E-state index contributed by atoms with van der Waals surface area (Å²) in [5.74, 6) is -2.05. The number of carbonyl (C=O) groups excluding carboxylic acids is 2. The van der Waals surface area contributed by atoms with Crippen molar-refractivity contribution in [2.24, 2.45) is 5.41 Å². The van der Waals surface area contributed by atoms with Crippen molar-refractivity contribution < 1.29 is 14.3 Å². The highest BCUT2D eigenvalue weighted by molar-refractivity contribution is 9.10. The molecule has 0 fully saturated rings. The fourth-order valence-electron chi connectivity index (χ4n) is 4.86. The summed E-state index contributed by atoms with van der Waals surface area (Å²) >= 11 is 3.43. The van der Waals surface area contributed by atoms with E-state index in [1.807, 2.05) is 31.2 Å². The molecule has 6 nitrogen and oxygen atoms in total. The number of methoxy groups -OCH3 is 1. The molecule has 0 unspecified atom stereocenters. The van der Waals surface area contributed by atoms with E-state index in [1.54, 1.807) is 31.3 Å². The maximum atomic E-state index is 13.9. The minimum atomic E-state index is -1.89. The first-order chi connectivity index (χ1) is 14.8. The maximum Gasteiger partial charge on any atom is 0.334 e. The Morgan fingerprint density at radius 1 is 1.16 bits per heavy atom. The number of hydrogen-bond acceptors (Lipinski definition) is 5. The second kappa shape index (κ2) is 7.08. The molecule has 1 aliphatic heterocycles. The Hall–Kier alpha value is -3.42. The Labute approximate surface area is 188 Å². The lowest BCUT2D eigenvalue weighted by atomic mass is 9.57. The summed E-state index contributed by atoms with van der Waals surface area (Å²) in [7, 11) is 2.80. The molecule has 0 aromatic heterocycles. The third-order valence-corrected chi connectivity index (χ3v) is 6.83. The molecular weight excluding hydrogens is 458 g/mol. The van der Waals surface area contributed by atoms with Crippen LogP contribution in [0.25, 0.3) is 0 Å². The van der Waals surface area contributed by atoms with Gasteiger partial charge in [0.25, 0.3) is 0 Å². The third kappa shape index (κ3) is 2.47. The van der Waals surface area contributed by atoms with Gasteiger partial charge in [-0.15, -0.1) is 0 Å². The van der Waals surface area contributed by atoms with Gasteiger partial charge in [-0.25, -0.2) is 4.79 Å². The van der Waals surface area contributed by atoms with E-state index in [4.69, 9.17) is 4.74 Å². The number of rotatable bonds is 2. The summed E-state index contributed by atoms with van der Waals surface area (Å²) in [5.41, 5.74) is -1.02. The van der Waals surface area contributed by atoms with Crippen LogP contribution in [0.1, 0.15) is 22.6 Å². The number of halogens is 1. The molecule has 4 rings (SSSR count). The van der Waals surface area contributed by atoms with Crippen molar-refractivity contribution in [2.75, 3.05) is 19.1 Å². The zero-order chi connectivity index (χ0) is 22.6. The molecule has 1 spiro atoms. The zero-order valence-electron chi connectivity index (χ0n) is 17.1. The number of hydrogen-bond donors (Lipinski definition) is 0. The van der Waals surface area contributed by atoms with Crippen LogP contribution in [0.15, 0.2) is 58.6 Å². The van der Waals surface area contributed by atoms with Crippen molar-refractivity contribution in [2.45, 2.75) is 18.3 Å². The molecule has 2 aromatic rings. The maximum absolute atomic E-state index is 13.9. The number of aryl methyl sites for hydroxylation is 1. The average Bonchev–Trinajstić information content (AvgIpc) is 3.20. The number of ether oxygens (including phenoxy) is 1. The number of amides is 1. The lowest BCUT2D eigenvalue weighted by molar-refractivity contribution is -0.139. The number of allylic oxidation sites excluding steroid dienone is 1. The molecule has 2 atom stereocenters. The molecule has 2 aromatic carbocycles. The predicted octanol–water partition coefficient (Wildman–Crippen LogP) is 3.90. The fraction of sp³-hybridized carbons (Fsp3) is 0.250. The van der Waals surface area contributed by atoms with Crippen molar-refractivity contribution >= 4 is 33.5 Å². The monoisotopic (exact) mass is 475 g/mol. The van der Waals surface area contributed by atoms with Gasteiger partial charge in [-0.1, -0.05) is 51.8 Å². The van der Waals surface area contributed by atoms with Gasteiger partial charge in [0.15, 0.2) is 5.41 Å². The summed E-state index contributed by atoms with van der Waals surface area (Å²) in [4.78, 5) is 28.2. The summed E-state index contributed by atoms with van der Waals surface area (Å²) in [6.07, 6.45) is 1.56. The van der Waals surface area contributed by atoms with E-state index in [0.717, 1.165) is 5.56 Å². The van der Waals surface area contributed by atoms with Crippen molar-refractivity contribution in [3.63, 3.8) is 0 Å². The summed E-state index contributed by atoms with van der Waals surface area (Å²) in [6.45, 7) is 1.93. The molecule has 1 heterocycles. The zero-order valence-corrected chi connectivity index (χ0v) is 18.7. The molecule has 7 heteroatoms. The number of carbonyl (C=O) groups is 2. The van der Waals surface area contributed by atoms with Gasteiger partial charge in [0, 0.05) is 23.1 Å². The van der Waals surface area contributed by atoms with Gasteiger partial charge < -0.3 is 9.64 Å². The second-order valence-corrected chi connectivity index (χ2v) is 8.68. The molecule has 2 aliphatic rings. The van der Waals surface area contributed by atoms with E-state index in [9.17, 15) is 20.1 Å². The molecule has 0 radical (unpaired) electrons. The first-order valence-electron chi connectivity index (χ1n) is 9.56. The SMILES string of the molecule is COC(=O)C1=C[C@@H](c2ccc(C)cc2)C(C#N)(C#N)[C@]12C(=O)N(C)c1ccc(Br)cc12. The van der Waals surface area contributed by atoms with Crippen LogP contribution in [0.2, 0.25) is 0 Å². The van der Waals surface area contributed by atoms with E-state index in [1.165, 1.54) is 12.0 Å². The average molecular weight is 476 g/mol. The second-order valence-electron chi connectivity index (χ2n) is 7.77. The van der Waals surface area contributed by atoms with Crippen molar-refractivity contribution in [1.82, 2.24) is 0 Å². The Bertz CT molecular complexity index is 1220. The summed E-state index contributed by atoms with van der Waals surface area (Å²) < 4.78 is 5.69.